The minimum Gasteiger partial charge on any atom is -0.435 e. The summed E-state index contributed by atoms with van der Waals surface area (Å²) in [5, 5.41) is 3.01. The van der Waals surface area contributed by atoms with E-state index < -0.39 is 6.61 Å². The van der Waals surface area contributed by atoms with Gasteiger partial charge in [0.1, 0.15) is 11.6 Å². The van der Waals surface area contributed by atoms with Crippen molar-refractivity contribution in [3.05, 3.63) is 59.9 Å². The summed E-state index contributed by atoms with van der Waals surface area (Å²) < 4.78 is 28.7. The van der Waals surface area contributed by atoms with Gasteiger partial charge in [0.2, 0.25) is 5.91 Å². The molecule has 0 fully saturated rings. The summed E-state index contributed by atoms with van der Waals surface area (Å²) in [5.74, 6) is 0.740. The van der Waals surface area contributed by atoms with Crippen LogP contribution in [0.2, 0.25) is 0 Å². The predicted octanol–water partition coefficient (Wildman–Crippen LogP) is 4.22. The molecule has 0 saturated heterocycles. The van der Waals surface area contributed by atoms with Gasteiger partial charge in [0.05, 0.1) is 23.5 Å². The van der Waals surface area contributed by atoms with Gasteiger partial charge in [0.15, 0.2) is 0 Å². The van der Waals surface area contributed by atoms with Gasteiger partial charge in [0, 0.05) is 0 Å². The summed E-state index contributed by atoms with van der Waals surface area (Å²) >= 11 is 0. The largest absolute Gasteiger partial charge is 0.435 e. The maximum absolute atomic E-state index is 12.5. The summed E-state index contributed by atoms with van der Waals surface area (Å²) in [4.78, 5) is 20.3. The number of amides is 1. The van der Waals surface area contributed by atoms with Gasteiger partial charge in [-0.3, -0.25) is 4.79 Å². The van der Waals surface area contributed by atoms with Gasteiger partial charge in [-0.1, -0.05) is 38.1 Å². The monoisotopic (exact) mass is 373 g/mol. The normalized spacial score (nSPS) is 12.5. The lowest BCUT2D eigenvalue weighted by Gasteiger charge is -2.20. The zero-order chi connectivity index (χ0) is 19.4. The van der Waals surface area contributed by atoms with Crippen LogP contribution in [0.4, 0.5) is 8.78 Å². The third-order valence-electron chi connectivity index (χ3n) is 4.20. The topological polar surface area (TPSA) is 67.0 Å². The summed E-state index contributed by atoms with van der Waals surface area (Å²) in [6.45, 7) is 1.15. The van der Waals surface area contributed by atoms with E-state index in [0.717, 1.165) is 11.0 Å². The van der Waals surface area contributed by atoms with Gasteiger partial charge in [-0.25, -0.2) is 4.98 Å². The highest BCUT2D eigenvalue weighted by atomic mass is 19.3. The number of imidazole rings is 1. The number of hydrogen-bond donors (Lipinski definition) is 2. The number of nitrogens with one attached hydrogen (secondary N) is 2. The van der Waals surface area contributed by atoms with Gasteiger partial charge in [0.25, 0.3) is 0 Å². The van der Waals surface area contributed by atoms with Crippen LogP contribution in [-0.4, -0.2) is 22.5 Å². The molecule has 0 aliphatic heterocycles. The number of fused-ring (bicyclic) bond motifs is 1. The van der Waals surface area contributed by atoms with Crippen LogP contribution in [0.3, 0.4) is 0 Å². The van der Waals surface area contributed by atoms with E-state index in [-0.39, 0.29) is 30.0 Å². The summed E-state index contributed by atoms with van der Waals surface area (Å²) in [6, 6.07) is 13.5. The number of para-hydroxylation sites is 2. The van der Waals surface area contributed by atoms with Crippen molar-refractivity contribution < 1.29 is 18.3 Å². The Morgan fingerprint density at radius 2 is 1.85 bits per heavy atom. The standard InChI is InChI=1S/C20H21F2N3O2/c1-12(2)18(19-23-15-5-3-4-6-16(15)24-19)25-17(26)11-13-7-9-14(10-8-13)27-20(21)22/h3-10,12,18,20H,11H2,1-2H3,(H,23,24)(H,25,26)/t18-/m0/s1. The number of benzene rings is 2. The van der Waals surface area contributed by atoms with Crippen molar-refractivity contribution in [1.82, 2.24) is 15.3 Å². The molecule has 27 heavy (non-hydrogen) atoms. The molecule has 1 amide bonds. The molecule has 0 radical (unpaired) electrons. The quantitative estimate of drug-likeness (QED) is 0.652. The molecule has 0 unspecified atom stereocenters. The molecule has 0 saturated carbocycles. The Morgan fingerprint density at radius 3 is 2.48 bits per heavy atom. The molecule has 1 aromatic heterocycles. The molecule has 0 bridgehead atoms. The number of carbonyl (C=O) groups is 1. The molecule has 0 aliphatic carbocycles. The second-order valence-electron chi connectivity index (χ2n) is 6.63. The minimum atomic E-state index is -2.87. The van der Waals surface area contributed by atoms with E-state index in [2.05, 4.69) is 20.0 Å². The Hall–Kier alpha value is -2.96. The van der Waals surface area contributed by atoms with E-state index in [1.165, 1.54) is 12.1 Å². The van der Waals surface area contributed by atoms with Crippen LogP contribution in [0, 0.1) is 5.92 Å². The number of nitrogens with zero attached hydrogens (tertiary/aromatic N) is 1. The van der Waals surface area contributed by atoms with Crippen molar-refractivity contribution in [2.24, 2.45) is 5.92 Å². The minimum absolute atomic E-state index is 0.0662. The highest BCUT2D eigenvalue weighted by Gasteiger charge is 2.22. The Bertz CT molecular complexity index is 874. The fourth-order valence-corrected chi connectivity index (χ4v) is 2.87. The van der Waals surface area contributed by atoms with E-state index in [9.17, 15) is 13.6 Å². The van der Waals surface area contributed by atoms with Crippen LogP contribution in [0.15, 0.2) is 48.5 Å². The van der Waals surface area contributed by atoms with E-state index in [4.69, 9.17) is 0 Å². The maximum Gasteiger partial charge on any atom is 0.387 e. The molecule has 1 atom stereocenters. The molecule has 1 heterocycles. The van der Waals surface area contributed by atoms with Gasteiger partial charge >= 0.3 is 6.61 Å². The average Bonchev–Trinajstić information content (AvgIpc) is 3.04. The van der Waals surface area contributed by atoms with Crippen molar-refractivity contribution >= 4 is 16.9 Å². The second kappa shape index (κ2) is 8.16. The fraction of sp³-hybridized carbons (Fsp3) is 0.300. The van der Waals surface area contributed by atoms with E-state index in [0.29, 0.717) is 11.4 Å². The highest BCUT2D eigenvalue weighted by molar-refractivity contribution is 5.79. The molecule has 2 aromatic carbocycles. The number of ether oxygens (including phenoxy) is 1. The number of aromatic amines is 1. The van der Waals surface area contributed by atoms with Crippen LogP contribution in [0.1, 0.15) is 31.3 Å². The fourth-order valence-electron chi connectivity index (χ4n) is 2.87. The Kier molecular flexibility index (Phi) is 5.69. The number of carbonyl (C=O) groups excluding carboxylic acids is 1. The lowest BCUT2D eigenvalue weighted by atomic mass is 10.0. The SMILES string of the molecule is CC(C)[C@H](NC(=O)Cc1ccc(OC(F)F)cc1)c1nc2ccccc2[nH]1. The first kappa shape index (κ1) is 18.8. The highest BCUT2D eigenvalue weighted by Crippen LogP contribution is 2.22. The van der Waals surface area contributed by atoms with E-state index in [1.54, 1.807) is 12.1 Å². The maximum atomic E-state index is 12.5. The van der Waals surface area contributed by atoms with Gasteiger partial charge in [-0.2, -0.15) is 8.78 Å². The first-order valence-corrected chi connectivity index (χ1v) is 8.70. The lowest BCUT2D eigenvalue weighted by molar-refractivity contribution is -0.121. The Labute approximate surface area is 155 Å². The molecule has 142 valence electrons. The van der Waals surface area contributed by atoms with Crippen LogP contribution in [-0.2, 0) is 11.2 Å². The molecule has 7 heteroatoms. The smallest absolute Gasteiger partial charge is 0.387 e. The van der Waals surface area contributed by atoms with Crippen molar-refractivity contribution in [1.29, 1.82) is 0 Å². The molecule has 3 aromatic rings. The zero-order valence-electron chi connectivity index (χ0n) is 15.1. The molecule has 2 N–H and O–H groups in total. The van der Waals surface area contributed by atoms with Crippen molar-refractivity contribution in [2.45, 2.75) is 32.9 Å². The lowest BCUT2D eigenvalue weighted by Crippen LogP contribution is -2.33. The molecule has 0 aliphatic rings. The molecule has 3 rings (SSSR count). The zero-order valence-corrected chi connectivity index (χ0v) is 15.1. The van der Waals surface area contributed by atoms with Crippen molar-refractivity contribution in [2.75, 3.05) is 0 Å². The van der Waals surface area contributed by atoms with Crippen LogP contribution >= 0.6 is 0 Å². The summed E-state index contributed by atoms with van der Waals surface area (Å²) in [5.41, 5.74) is 2.48. The third-order valence-corrected chi connectivity index (χ3v) is 4.20. The van der Waals surface area contributed by atoms with Gasteiger partial charge in [-0.15, -0.1) is 0 Å². The number of halogens is 2. The van der Waals surface area contributed by atoms with E-state index >= 15 is 0 Å². The van der Waals surface area contributed by atoms with Crippen LogP contribution in [0.5, 0.6) is 5.75 Å². The number of alkyl halides is 2. The molecular weight excluding hydrogens is 352 g/mol. The van der Waals surface area contributed by atoms with Crippen LogP contribution < -0.4 is 10.1 Å². The second-order valence-corrected chi connectivity index (χ2v) is 6.63. The Morgan fingerprint density at radius 1 is 1.15 bits per heavy atom. The van der Waals surface area contributed by atoms with Crippen LogP contribution in [0.25, 0.3) is 11.0 Å². The van der Waals surface area contributed by atoms with Crippen molar-refractivity contribution in [3.8, 4) is 5.75 Å². The first-order chi connectivity index (χ1) is 12.9. The first-order valence-electron chi connectivity index (χ1n) is 8.70. The summed E-state index contributed by atoms with van der Waals surface area (Å²) in [6.07, 6.45) is 0.137. The Balaban J connectivity index is 1.68. The van der Waals surface area contributed by atoms with E-state index in [1.807, 2.05) is 38.1 Å². The third kappa shape index (κ3) is 4.81. The molecule has 0 spiro atoms. The van der Waals surface area contributed by atoms with Gasteiger partial charge in [-0.05, 0) is 35.7 Å². The summed E-state index contributed by atoms with van der Waals surface area (Å²) in [7, 11) is 0. The molecular formula is C20H21F2N3O2. The van der Waals surface area contributed by atoms with Crippen molar-refractivity contribution in [3.63, 3.8) is 0 Å². The number of rotatable bonds is 7. The number of hydrogen-bond acceptors (Lipinski definition) is 3. The number of H-pyrrole nitrogens is 1. The number of aromatic nitrogens is 2. The van der Waals surface area contributed by atoms with Gasteiger partial charge < -0.3 is 15.0 Å². The average molecular weight is 373 g/mol. The molecule has 5 nitrogen and oxygen atoms in total. The predicted molar refractivity (Wildman–Crippen MR) is 98.6 cm³/mol.